The van der Waals surface area contributed by atoms with Gasteiger partial charge in [-0.25, -0.2) is 4.98 Å². The van der Waals surface area contributed by atoms with E-state index in [1.165, 1.54) is 19.3 Å². The van der Waals surface area contributed by atoms with Crippen molar-refractivity contribution in [3.63, 3.8) is 0 Å². The van der Waals surface area contributed by atoms with E-state index in [-0.39, 0.29) is 0 Å². The van der Waals surface area contributed by atoms with Crippen molar-refractivity contribution in [2.24, 2.45) is 17.8 Å². The Balaban J connectivity index is 1.65. The van der Waals surface area contributed by atoms with Crippen LogP contribution >= 0.6 is 11.3 Å². The highest BCUT2D eigenvalue weighted by molar-refractivity contribution is 7.09. The Bertz CT molecular complexity index is 412. The first-order chi connectivity index (χ1) is 7.72. The number of aryl methyl sites for hydroxylation is 1. The molecule has 1 heterocycles. The van der Waals surface area contributed by atoms with Crippen LogP contribution in [0.1, 0.15) is 36.4 Å². The fraction of sp³-hybridized carbons (Fsp3) is 0.692. The van der Waals surface area contributed by atoms with Gasteiger partial charge in [-0.3, -0.25) is 4.79 Å². The molecule has 1 aromatic heterocycles. The summed E-state index contributed by atoms with van der Waals surface area (Å²) in [6.45, 7) is 1.99. The van der Waals surface area contributed by atoms with Crippen molar-refractivity contribution >= 4 is 17.1 Å². The standard InChI is InChI=1S/C13H17NOS/c1-8-7-16-13(14-8)6-12(15)11-5-9-2-3-10(11)4-9/h7,9-11H,2-6H2,1H3. The Morgan fingerprint density at radius 2 is 2.38 bits per heavy atom. The number of aromatic nitrogens is 1. The van der Waals surface area contributed by atoms with Crippen LogP contribution in [0, 0.1) is 24.7 Å². The number of fused-ring (bicyclic) bond motifs is 2. The molecule has 0 saturated heterocycles. The van der Waals surface area contributed by atoms with Crippen LogP contribution in [0.4, 0.5) is 0 Å². The minimum absolute atomic E-state index is 0.364. The van der Waals surface area contributed by atoms with Crippen LogP contribution in [-0.4, -0.2) is 10.8 Å². The van der Waals surface area contributed by atoms with Crippen LogP contribution in [0.2, 0.25) is 0 Å². The molecule has 3 unspecified atom stereocenters. The summed E-state index contributed by atoms with van der Waals surface area (Å²) in [4.78, 5) is 16.6. The summed E-state index contributed by atoms with van der Waals surface area (Å²) < 4.78 is 0. The van der Waals surface area contributed by atoms with Crippen molar-refractivity contribution in [3.8, 4) is 0 Å². The molecule has 86 valence electrons. The summed E-state index contributed by atoms with van der Waals surface area (Å²) in [5, 5.41) is 3.04. The van der Waals surface area contributed by atoms with Crippen molar-refractivity contribution in [3.05, 3.63) is 16.1 Å². The van der Waals surface area contributed by atoms with Gasteiger partial charge in [-0.05, 0) is 38.0 Å². The van der Waals surface area contributed by atoms with Gasteiger partial charge in [0.15, 0.2) is 0 Å². The maximum absolute atomic E-state index is 12.2. The van der Waals surface area contributed by atoms with Gasteiger partial charge in [0.25, 0.3) is 0 Å². The molecule has 0 aromatic carbocycles. The third-order valence-electron chi connectivity index (χ3n) is 4.14. The average Bonchev–Trinajstić information content (AvgIpc) is 2.93. The molecule has 2 bridgehead atoms. The minimum atomic E-state index is 0.364. The quantitative estimate of drug-likeness (QED) is 0.806. The molecule has 3 atom stereocenters. The van der Waals surface area contributed by atoms with Gasteiger partial charge in [0.1, 0.15) is 10.8 Å². The van der Waals surface area contributed by atoms with Gasteiger partial charge in [0.05, 0.1) is 6.42 Å². The molecule has 16 heavy (non-hydrogen) atoms. The van der Waals surface area contributed by atoms with Gasteiger partial charge in [-0.2, -0.15) is 0 Å². The van der Waals surface area contributed by atoms with E-state index >= 15 is 0 Å². The Kier molecular flexibility index (Phi) is 2.58. The molecule has 2 aliphatic rings. The Morgan fingerprint density at radius 1 is 1.50 bits per heavy atom. The van der Waals surface area contributed by atoms with E-state index in [0.717, 1.165) is 23.0 Å². The number of thiazole rings is 1. The van der Waals surface area contributed by atoms with Gasteiger partial charge < -0.3 is 0 Å². The molecule has 0 radical (unpaired) electrons. The third-order valence-corrected chi connectivity index (χ3v) is 5.11. The zero-order chi connectivity index (χ0) is 11.1. The van der Waals surface area contributed by atoms with Crippen LogP contribution in [0.5, 0.6) is 0 Å². The number of carbonyl (C=O) groups is 1. The zero-order valence-corrected chi connectivity index (χ0v) is 10.4. The number of nitrogens with zero attached hydrogens (tertiary/aromatic N) is 1. The van der Waals surface area contributed by atoms with E-state index in [1.807, 2.05) is 12.3 Å². The van der Waals surface area contributed by atoms with E-state index in [2.05, 4.69) is 4.98 Å². The highest BCUT2D eigenvalue weighted by Gasteiger charge is 2.42. The fourth-order valence-electron chi connectivity index (χ4n) is 3.40. The number of rotatable bonds is 3. The monoisotopic (exact) mass is 235 g/mol. The first-order valence-corrected chi connectivity index (χ1v) is 7.04. The largest absolute Gasteiger partial charge is 0.299 e. The fourth-order valence-corrected chi connectivity index (χ4v) is 4.18. The highest BCUT2D eigenvalue weighted by atomic mass is 32.1. The number of hydrogen-bond acceptors (Lipinski definition) is 3. The Morgan fingerprint density at radius 3 is 2.94 bits per heavy atom. The predicted octanol–water partition coefficient (Wildman–Crippen LogP) is 3.00. The number of ketones is 1. The average molecular weight is 235 g/mol. The van der Waals surface area contributed by atoms with Gasteiger partial charge in [-0.1, -0.05) is 6.42 Å². The first kappa shape index (κ1) is 10.5. The maximum atomic E-state index is 12.2. The van der Waals surface area contributed by atoms with Crippen molar-refractivity contribution in [2.45, 2.75) is 39.0 Å². The lowest BCUT2D eigenvalue weighted by atomic mass is 9.85. The SMILES string of the molecule is Cc1csc(CC(=O)C2CC3CCC2C3)n1. The molecule has 0 aliphatic heterocycles. The predicted molar refractivity (Wildman–Crippen MR) is 64.5 cm³/mol. The molecule has 3 rings (SSSR count). The van der Waals surface area contributed by atoms with Gasteiger partial charge in [-0.15, -0.1) is 11.3 Å². The van der Waals surface area contributed by atoms with Crippen LogP contribution in [0.3, 0.4) is 0 Å². The zero-order valence-electron chi connectivity index (χ0n) is 9.61. The molecule has 1 aromatic rings. The molecule has 2 nitrogen and oxygen atoms in total. The van der Waals surface area contributed by atoms with E-state index in [1.54, 1.807) is 11.3 Å². The number of hydrogen-bond donors (Lipinski definition) is 0. The van der Waals surface area contributed by atoms with Crippen molar-refractivity contribution in [1.29, 1.82) is 0 Å². The normalized spacial score (nSPS) is 32.2. The van der Waals surface area contributed by atoms with Crippen LogP contribution < -0.4 is 0 Å². The van der Waals surface area contributed by atoms with Crippen LogP contribution in [-0.2, 0) is 11.2 Å². The maximum Gasteiger partial charge on any atom is 0.143 e. The van der Waals surface area contributed by atoms with Crippen molar-refractivity contribution in [2.75, 3.05) is 0 Å². The van der Waals surface area contributed by atoms with Crippen LogP contribution in [0.15, 0.2) is 5.38 Å². The molecular weight excluding hydrogens is 218 g/mol. The van der Waals surface area contributed by atoms with Gasteiger partial charge in [0.2, 0.25) is 0 Å². The summed E-state index contributed by atoms with van der Waals surface area (Å²) in [6, 6.07) is 0. The lowest BCUT2D eigenvalue weighted by molar-refractivity contribution is -0.123. The molecule has 2 aliphatic carbocycles. The smallest absolute Gasteiger partial charge is 0.143 e. The van der Waals surface area contributed by atoms with E-state index in [0.29, 0.717) is 24.0 Å². The summed E-state index contributed by atoms with van der Waals surface area (Å²) >= 11 is 1.62. The number of Topliss-reactive ketones (excluding diaryl/α,β-unsaturated/α-hetero) is 1. The number of carbonyl (C=O) groups excluding carboxylic acids is 1. The summed E-state index contributed by atoms with van der Waals surface area (Å²) in [6.07, 6.45) is 5.70. The van der Waals surface area contributed by atoms with Crippen molar-refractivity contribution < 1.29 is 4.79 Å². The molecular formula is C13H17NOS. The second-order valence-electron chi connectivity index (χ2n) is 5.31. The van der Waals surface area contributed by atoms with Crippen molar-refractivity contribution in [1.82, 2.24) is 4.98 Å². The van der Waals surface area contributed by atoms with E-state index in [4.69, 9.17) is 0 Å². The molecule has 0 spiro atoms. The van der Waals surface area contributed by atoms with E-state index < -0.39 is 0 Å². The topological polar surface area (TPSA) is 30.0 Å². The highest BCUT2D eigenvalue weighted by Crippen LogP contribution is 2.48. The Hall–Kier alpha value is -0.700. The second-order valence-corrected chi connectivity index (χ2v) is 6.25. The lowest BCUT2D eigenvalue weighted by Crippen LogP contribution is -2.22. The van der Waals surface area contributed by atoms with Gasteiger partial charge >= 0.3 is 0 Å². The molecule has 0 N–H and O–H groups in total. The van der Waals surface area contributed by atoms with Gasteiger partial charge in [0, 0.05) is 17.0 Å². The minimum Gasteiger partial charge on any atom is -0.299 e. The molecule has 0 amide bonds. The van der Waals surface area contributed by atoms with E-state index in [9.17, 15) is 4.79 Å². The summed E-state index contributed by atoms with van der Waals surface area (Å²) in [7, 11) is 0. The first-order valence-electron chi connectivity index (χ1n) is 6.16. The molecule has 2 fully saturated rings. The molecule has 2 saturated carbocycles. The second kappa shape index (κ2) is 3.95. The lowest BCUT2D eigenvalue weighted by Gasteiger charge is -2.19. The summed E-state index contributed by atoms with van der Waals surface area (Å²) in [5.74, 6) is 2.38. The molecule has 3 heteroatoms. The third kappa shape index (κ3) is 1.81. The Labute approximate surface area is 100 Å². The summed E-state index contributed by atoms with van der Waals surface area (Å²) in [5.41, 5.74) is 1.04. The van der Waals surface area contributed by atoms with Crippen LogP contribution in [0.25, 0.3) is 0 Å².